The van der Waals surface area contributed by atoms with Gasteiger partial charge in [0.1, 0.15) is 11.9 Å². The van der Waals surface area contributed by atoms with Crippen molar-refractivity contribution in [2.45, 2.75) is 57.5 Å². The van der Waals surface area contributed by atoms with Crippen LogP contribution in [0.2, 0.25) is 0 Å². The van der Waals surface area contributed by atoms with E-state index in [4.69, 9.17) is 4.74 Å². The van der Waals surface area contributed by atoms with Gasteiger partial charge in [0.15, 0.2) is 0 Å². The topological polar surface area (TPSA) is 84.0 Å². The minimum Gasteiger partial charge on any atom is -0.462 e. The lowest BCUT2D eigenvalue weighted by atomic mass is 9.92. The van der Waals surface area contributed by atoms with Gasteiger partial charge < -0.3 is 9.64 Å². The lowest BCUT2D eigenvalue weighted by Gasteiger charge is -2.37. The number of benzene rings is 2. The number of rotatable bonds is 6. The van der Waals surface area contributed by atoms with Crippen LogP contribution in [-0.2, 0) is 14.3 Å². The van der Waals surface area contributed by atoms with E-state index in [0.29, 0.717) is 11.3 Å². The molecule has 0 spiro atoms. The van der Waals surface area contributed by atoms with Gasteiger partial charge in [-0.15, -0.1) is 0 Å². The molecule has 0 bridgehead atoms. The molecular formula is C26H27FN2O5. The first-order chi connectivity index (χ1) is 16.4. The second-order valence-electron chi connectivity index (χ2n) is 8.57. The molecule has 34 heavy (non-hydrogen) atoms. The zero-order chi connectivity index (χ0) is 24.2. The Bertz CT molecular complexity index is 1080. The second-order valence-corrected chi connectivity index (χ2v) is 8.57. The molecule has 7 nitrogen and oxygen atoms in total. The molecule has 3 amide bonds. The van der Waals surface area contributed by atoms with Gasteiger partial charge in [-0.05, 0) is 68.3 Å². The van der Waals surface area contributed by atoms with Crippen molar-refractivity contribution in [2.75, 3.05) is 11.5 Å². The molecule has 1 unspecified atom stereocenters. The number of amides is 3. The van der Waals surface area contributed by atoms with Crippen molar-refractivity contribution in [3.8, 4) is 0 Å². The van der Waals surface area contributed by atoms with Gasteiger partial charge in [-0.1, -0.05) is 19.3 Å². The molecule has 1 aliphatic heterocycles. The van der Waals surface area contributed by atoms with Crippen molar-refractivity contribution in [2.24, 2.45) is 0 Å². The fourth-order valence-corrected chi connectivity index (χ4v) is 4.73. The number of carbonyl (C=O) groups is 4. The van der Waals surface area contributed by atoms with E-state index in [9.17, 15) is 23.6 Å². The number of esters is 1. The van der Waals surface area contributed by atoms with Crippen LogP contribution in [0.15, 0.2) is 48.5 Å². The van der Waals surface area contributed by atoms with E-state index < -0.39 is 29.6 Å². The van der Waals surface area contributed by atoms with E-state index in [1.807, 2.05) is 0 Å². The van der Waals surface area contributed by atoms with Crippen LogP contribution in [-0.4, -0.2) is 47.3 Å². The Morgan fingerprint density at radius 2 is 1.59 bits per heavy atom. The van der Waals surface area contributed by atoms with Crippen LogP contribution in [0.25, 0.3) is 0 Å². The van der Waals surface area contributed by atoms with Gasteiger partial charge >= 0.3 is 5.97 Å². The van der Waals surface area contributed by atoms with E-state index in [1.165, 1.54) is 48.5 Å². The summed E-state index contributed by atoms with van der Waals surface area (Å²) in [6, 6.07) is 10.2. The Hall–Kier alpha value is -3.55. The number of imide groups is 1. The average Bonchev–Trinajstić information content (AvgIpc) is 3.14. The summed E-state index contributed by atoms with van der Waals surface area (Å²) in [6.45, 7) is 1.95. The zero-order valence-corrected chi connectivity index (χ0v) is 19.0. The lowest BCUT2D eigenvalue weighted by molar-refractivity contribution is -0.123. The molecule has 2 aromatic carbocycles. The van der Waals surface area contributed by atoms with Crippen molar-refractivity contribution >= 4 is 29.4 Å². The van der Waals surface area contributed by atoms with Gasteiger partial charge in [-0.25, -0.2) is 14.1 Å². The molecule has 2 aromatic rings. The summed E-state index contributed by atoms with van der Waals surface area (Å²) in [5.41, 5.74) is 0.935. The third kappa shape index (κ3) is 4.71. The summed E-state index contributed by atoms with van der Waals surface area (Å²) in [4.78, 5) is 54.4. The molecule has 8 heteroatoms. The first kappa shape index (κ1) is 23.6. The van der Waals surface area contributed by atoms with E-state index in [0.717, 1.165) is 37.0 Å². The number of halogens is 1. The molecule has 1 saturated heterocycles. The van der Waals surface area contributed by atoms with E-state index in [-0.39, 0.29) is 30.5 Å². The van der Waals surface area contributed by atoms with Crippen LogP contribution < -0.4 is 4.90 Å². The maximum atomic E-state index is 13.5. The van der Waals surface area contributed by atoms with Gasteiger partial charge in [-0.2, -0.15) is 0 Å². The highest BCUT2D eigenvalue weighted by Gasteiger charge is 2.46. The van der Waals surface area contributed by atoms with Gasteiger partial charge in [0.2, 0.25) is 5.91 Å². The minimum absolute atomic E-state index is 0.123. The number of nitrogens with zero attached hydrogens (tertiary/aromatic N) is 2. The molecule has 4 rings (SSSR count). The van der Waals surface area contributed by atoms with Gasteiger partial charge in [0, 0.05) is 11.6 Å². The predicted octanol–water partition coefficient (Wildman–Crippen LogP) is 4.11. The molecule has 0 radical (unpaired) electrons. The first-order valence-corrected chi connectivity index (χ1v) is 11.6. The van der Waals surface area contributed by atoms with Crippen LogP contribution in [0.5, 0.6) is 0 Å². The molecule has 178 valence electrons. The smallest absolute Gasteiger partial charge is 0.338 e. The molecular weight excluding hydrogens is 439 g/mol. The van der Waals surface area contributed by atoms with Crippen molar-refractivity contribution in [3.05, 3.63) is 65.5 Å². The van der Waals surface area contributed by atoms with Crippen molar-refractivity contribution in [3.63, 3.8) is 0 Å². The van der Waals surface area contributed by atoms with Gasteiger partial charge in [-0.3, -0.25) is 14.4 Å². The summed E-state index contributed by atoms with van der Waals surface area (Å²) < 4.78 is 18.4. The Morgan fingerprint density at radius 1 is 0.971 bits per heavy atom. The van der Waals surface area contributed by atoms with Crippen LogP contribution in [0, 0.1) is 5.82 Å². The normalized spacial score (nSPS) is 18.8. The van der Waals surface area contributed by atoms with Crippen molar-refractivity contribution in [1.82, 2.24) is 4.90 Å². The Kier molecular flexibility index (Phi) is 7.05. The van der Waals surface area contributed by atoms with E-state index >= 15 is 0 Å². The van der Waals surface area contributed by atoms with Crippen LogP contribution in [0.1, 0.15) is 66.2 Å². The monoisotopic (exact) mass is 466 g/mol. The number of carbonyl (C=O) groups excluding carboxylic acids is 4. The maximum absolute atomic E-state index is 13.5. The quantitative estimate of drug-likeness (QED) is 0.473. The molecule has 0 N–H and O–H groups in total. The largest absolute Gasteiger partial charge is 0.462 e. The fourth-order valence-electron chi connectivity index (χ4n) is 4.73. The number of hydrogen-bond donors (Lipinski definition) is 0. The molecule has 1 aliphatic carbocycles. The summed E-state index contributed by atoms with van der Waals surface area (Å²) in [5, 5.41) is 0. The molecule has 2 fully saturated rings. The highest BCUT2D eigenvalue weighted by Crippen LogP contribution is 2.32. The fraction of sp³-hybridized carbons (Fsp3) is 0.385. The SMILES string of the molecule is CCOC(=O)c1ccc(N2C(=O)CC(N(C(=O)c3ccc(F)cc3)C3CCCCC3)C2=O)cc1. The van der Waals surface area contributed by atoms with E-state index in [2.05, 4.69) is 0 Å². The van der Waals surface area contributed by atoms with Gasteiger partial charge in [0.25, 0.3) is 11.8 Å². The Morgan fingerprint density at radius 3 is 2.21 bits per heavy atom. The molecule has 1 heterocycles. The second kappa shape index (κ2) is 10.2. The van der Waals surface area contributed by atoms with E-state index in [1.54, 1.807) is 11.8 Å². The van der Waals surface area contributed by atoms with Crippen molar-refractivity contribution in [1.29, 1.82) is 0 Å². The van der Waals surface area contributed by atoms with Gasteiger partial charge in [0.05, 0.1) is 24.3 Å². The van der Waals surface area contributed by atoms with Crippen LogP contribution >= 0.6 is 0 Å². The van der Waals surface area contributed by atoms with Crippen molar-refractivity contribution < 1.29 is 28.3 Å². The van der Waals surface area contributed by atoms with Crippen LogP contribution in [0.3, 0.4) is 0 Å². The number of anilines is 1. The highest BCUT2D eigenvalue weighted by molar-refractivity contribution is 6.23. The maximum Gasteiger partial charge on any atom is 0.338 e. The Balaban J connectivity index is 1.62. The van der Waals surface area contributed by atoms with Crippen LogP contribution in [0.4, 0.5) is 10.1 Å². The molecule has 1 atom stereocenters. The number of ether oxygens (including phenoxy) is 1. The summed E-state index contributed by atoms with van der Waals surface area (Å²) >= 11 is 0. The lowest BCUT2D eigenvalue weighted by Crippen LogP contribution is -2.51. The third-order valence-electron chi connectivity index (χ3n) is 6.39. The third-order valence-corrected chi connectivity index (χ3v) is 6.39. The number of hydrogen-bond acceptors (Lipinski definition) is 5. The summed E-state index contributed by atoms with van der Waals surface area (Å²) in [5.74, 6) is -2.20. The molecule has 2 aliphatic rings. The predicted molar refractivity (Wildman–Crippen MR) is 123 cm³/mol. The average molecular weight is 467 g/mol. The molecule has 0 aromatic heterocycles. The zero-order valence-electron chi connectivity index (χ0n) is 19.0. The summed E-state index contributed by atoms with van der Waals surface area (Å²) in [6.07, 6.45) is 4.31. The Labute approximate surface area is 197 Å². The molecule has 1 saturated carbocycles. The minimum atomic E-state index is -0.933. The summed E-state index contributed by atoms with van der Waals surface area (Å²) in [7, 11) is 0. The highest BCUT2D eigenvalue weighted by atomic mass is 19.1. The standard InChI is InChI=1S/C26H27FN2O5/c1-2-34-26(33)18-10-14-21(15-11-18)29-23(30)16-22(25(29)32)28(20-6-4-3-5-7-20)24(31)17-8-12-19(27)13-9-17/h8-15,20,22H,2-7,16H2,1H3. The first-order valence-electron chi connectivity index (χ1n) is 11.6.